The van der Waals surface area contributed by atoms with Gasteiger partial charge in [-0.05, 0) is 6.07 Å². The molecule has 0 aliphatic carbocycles. The van der Waals surface area contributed by atoms with Crippen molar-refractivity contribution in [2.24, 2.45) is 12.0 Å². The zero-order valence-corrected chi connectivity index (χ0v) is 13.7. The Hall–Kier alpha value is -3.27. The highest BCUT2D eigenvalue weighted by Gasteiger charge is 2.12. The Morgan fingerprint density at radius 2 is 1.52 bits per heavy atom. The van der Waals surface area contributed by atoms with Crippen LogP contribution in [-0.2, 0) is 7.05 Å². The summed E-state index contributed by atoms with van der Waals surface area (Å²) in [6, 6.07) is 22.8. The fraction of sp³-hybridized carbons (Fsp3) is 0.0476. The molecule has 0 saturated carbocycles. The van der Waals surface area contributed by atoms with E-state index < -0.39 is 0 Å². The average molecular weight is 329 g/mol. The van der Waals surface area contributed by atoms with Gasteiger partial charge in [0.25, 0.3) is 0 Å². The maximum atomic E-state index is 14.1. The molecular formula is C21H16FN3. The van der Waals surface area contributed by atoms with E-state index in [1.807, 2.05) is 67.7 Å². The molecule has 3 aromatic carbocycles. The Kier molecular flexibility index (Phi) is 3.86. The monoisotopic (exact) mass is 329 g/mol. The van der Waals surface area contributed by atoms with E-state index in [0.29, 0.717) is 5.69 Å². The van der Waals surface area contributed by atoms with Gasteiger partial charge < -0.3 is 0 Å². The second-order valence-electron chi connectivity index (χ2n) is 5.82. The first-order valence-electron chi connectivity index (χ1n) is 8.03. The fourth-order valence-corrected chi connectivity index (χ4v) is 2.96. The van der Waals surface area contributed by atoms with Gasteiger partial charge in [-0.1, -0.05) is 60.7 Å². The molecular weight excluding hydrogens is 313 g/mol. The molecule has 0 fully saturated rings. The maximum Gasteiger partial charge on any atom is 0.126 e. The third-order valence-corrected chi connectivity index (χ3v) is 4.10. The van der Waals surface area contributed by atoms with E-state index in [1.165, 1.54) is 12.1 Å². The summed E-state index contributed by atoms with van der Waals surface area (Å²) in [6.45, 7) is 0. The largest absolute Gasteiger partial charge is 0.266 e. The van der Waals surface area contributed by atoms with Gasteiger partial charge in [0, 0.05) is 29.6 Å². The summed E-state index contributed by atoms with van der Waals surface area (Å²) in [7, 11) is 1.84. The molecule has 0 amide bonds. The number of aliphatic imine (C=N–C) groups is 1. The number of fused-ring (bicyclic) bond motifs is 1. The molecule has 0 saturated heterocycles. The second-order valence-corrected chi connectivity index (χ2v) is 5.82. The van der Waals surface area contributed by atoms with Crippen LogP contribution in [0.5, 0.6) is 0 Å². The van der Waals surface area contributed by atoms with Crippen LogP contribution in [-0.4, -0.2) is 15.5 Å². The Morgan fingerprint density at radius 3 is 2.12 bits per heavy atom. The van der Waals surface area contributed by atoms with Gasteiger partial charge in [-0.3, -0.25) is 4.68 Å². The van der Waals surface area contributed by atoms with Crippen LogP contribution in [0.25, 0.3) is 10.9 Å². The predicted molar refractivity (Wildman–Crippen MR) is 98.9 cm³/mol. The first kappa shape index (κ1) is 15.3. The zero-order valence-electron chi connectivity index (χ0n) is 13.7. The number of nitrogens with zero attached hydrogens (tertiary/aromatic N) is 3. The molecule has 1 aromatic heterocycles. The Morgan fingerprint density at radius 1 is 0.920 bits per heavy atom. The number of benzene rings is 3. The molecule has 4 aromatic rings. The smallest absolute Gasteiger partial charge is 0.126 e. The van der Waals surface area contributed by atoms with E-state index in [-0.39, 0.29) is 5.82 Å². The predicted octanol–water partition coefficient (Wildman–Crippen LogP) is 4.88. The van der Waals surface area contributed by atoms with Gasteiger partial charge in [-0.2, -0.15) is 5.10 Å². The molecule has 0 bridgehead atoms. The van der Waals surface area contributed by atoms with Crippen molar-refractivity contribution in [2.45, 2.75) is 0 Å². The number of rotatable bonds is 3. The lowest BCUT2D eigenvalue weighted by atomic mass is 10.0. The molecule has 0 N–H and O–H groups in total. The van der Waals surface area contributed by atoms with E-state index in [1.54, 1.807) is 10.9 Å². The fourth-order valence-electron chi connectivity index (χ4n) is 2.96. The summed E-state index contributed by atoms with van der Waals surface area (Å²) in [6.07, 6.45) is 1.65. The van der Waals surface area contributed by atoms with Gasteiger partial charge >= 0.3 is 0 Å². The third-order valence-electron chi connectivity index (χ3n) is 4.10. The average Bonchev–Trinajstić information content (AvgIpc) is 3.02. The van der Waals surface area contributed by atoms with E-state index in [4.69, 9.17) is 4.99 Å². The second kappa shape index (κ2) is 6.32. The summed E-state index contributed by atoms with van der Waals surface area (Å²) >= 11 is 0. The van der Waals surface area contributed by atoms with Gasteiger partial charge in [-0.15, -0.1) is 0 Å². The number of hydrogen-bond acceptors (Lipinski definition) is 2. The summed E-state index contributed by atoms with van der Waals surface area (Å²) in [5, 5.41) is 4.97. The highest BCUT2D eigenvalue weighted by atomic mass is 19.1. The van der Waals surface area contributed by atoms with Gasteiger partial charge in [0.15, 0.2) is 0 Å². The van der Waals surface area contributed by atoms with Crippen molar-refractivity contribution in [3.63, 3.8) is 0 Å². The van der Waals surface area contributed by atoms with Crippen LogP contribution in [0.4, 0.5) is 10.1 Å². The lowest BCUT2D eigenvalue weighted by Gasteiger charge is -2.09. The van der Waals surface area contributed by atoms with Crippen LogP contribution in [0.1, 0.15) is 11.1 Å². The number of hydrogen-bond donors (Lipinski definition) is 0. The molecule has 3 nitrogen and oxygen atoms in total. The highest BCUT2D eigenvalue weighted by molar-refractivity contribution is 6.14. The van der Waals surface area contributed by atoms with Crippen LogP contribution in [0, 0.1) is 5.82 Å². The zero-order chi connectivity index (χ0) is 17.2. The van der Waals surface area contributed by atoms with Crippen molar-refractivity contribution in [1.29, 1.82) is 0 Å². The Bertz CT molecular complexity index is 1010. The van der Waals surface area contributed by atoms with Crippen molar-refractivity contribution in [1.82, 2.24) is 9.78 Å². The number of halogens is 1. The lowest BCUT2D eigenvalue weighted by molar-refractivity contribution is 0.630. The summed E-state index contributed by atoms with van der Waals surface area (Å²) < 4.78 is 15.8. The third kappa shape index (κ3) is 2.94. The minimum absolute atomic E-state index is 0.320. The molecule has 0 atom stereocenters. The van der Waals surface area contributed by atoms with Crippen molar-refractivity contribution in [3.8, 4) is 0 Å². The SMILES string of the molecule is Cn1ncc2cc(F)cc(N=C(c3ccccc3)c3ccccc3)c21. The topological polar surface area (TPSA) is 30.2 Å². The molecule has 0 unspecified atom stereocenters. The minimum atomic E-state index is -0.320. The van der Waals surface area contributed by atoms with Gasteiger partial charge in [-0.25, -0.2) is 9.38 Å². The first-order chi connectivity index (χ1) is 12.2. The van der Waals surface area contributed by atoms with Crippen LogP contribution < -0.4 is 0 Å². The standard InChI is InChI=1S/C21H16FN3/c1-25-21-17(14-23-25)12-18(22)13-19(21)24-20(15-8-4-2-5-9-15)16-10-6-3-7-11-16/h2-14H,1H3. The lowest BCUT2D eigenvalue weighted by Crippen LogP contribution is -2.03. The summed E-state index contributed by atoms with van der Waals surface area (Å²) in [5.74, 6) is -0.320. The van der Waals surface area contributed by atoms with E-state index >= 15 is 0 Å². The quantitative estimate of drug-likeness (QED) is 0.493. The van der Waals surface area contributed by atoms with Crippen LogP contribution in [0.3, 0.4) is 0 Å². The molecule has 4 rings (SSSR count). The highest BCUT2D eigenvalue weighted by Crippen LogP contribution is 2.28. The molecule has 0 aliphatic heterocycles. The van der Waals surface area contributed by atoms with Gasteiger partial charge in [0.2, 0.25) is 0 Å². The molecule has 25 heavy (non-hydrogen) atoms. The summed E-state index contributed by atoms with van der Waals surface area (Å²) in [5.41, 5.74) is 4.14. The van der Waals surface area contributed by atoms with E-state index in [2.05, 4.69) is 5.10 Å². The number of aryl methyl sites for hydroxylation is 1. The molecule has 0 radical (unpaired) electrons. The van der Waals surface area contributed by atoms with Gasteiger partial charge in [0.05, 0.1) is 23.1 Å². The van der Waals surface area contributed by atoms with Crippen LogP contribution in [0.2, 0.25) is 0 Å². The van der Waals surface area contributed by atoms with Crippen molar-refractivity contribution in [2.75, 3.05) is 0 Å². The molecule has 0 aliphatic rings. The van der Waals surface area contributed by atoms with Crippen LogP contribution in [0.15, 0.2) is 84.0 Å². The van der Waals surface area contributed by atoms with Crippen molar-refractivity contribution >= 4 is 22.3 Å². The Labute approximate surface area is 145 Å². The molecule has 0 spiro atoms. The Balaban J connectivity index is 1.99. The van der Waals surface area contributed by atoms with Crippen molar-refractivity contribution < 1.29 is 4.39 Å². The normalized spacial score (nSPS) is 10.8. The van der Waals surface area contributed by atoms with Crippen LogP contribution >= 0.6 is 0 Å². The first-order valence-corrected chi connectivity index (χ1v) is 8.03. The van der Waals surface area contributed by atoms with E-state index in [9.17, 15) is 4.39 Å². The number of aromatic nitrogens is 2. The minimum Gasteiger partial charge on any atom is -0.266 e. The maximum absolute atomic E-state index is 14.1. The van der Waals surface area contributed by atoms with E-state index in [0.717, 1.165) is 27.7 Å². The molecule has 122 valence electrons. The van der Waals surface area contributed by atoms with Gasteiger partial charge in [0.1, 0.15) is 5.82 Å². The van der Waals surface area contributed by atoms with Crippen molar-refractivity contribution in [3.05, 3.63) is 95.9 Å². The molecule has 4 heteroatoms. The molecule has 1 heterocycles. The summed E-state index contributed by atoms with van der Waals surface area (Å²) in [4.78, 5) is 4.84.